The molecule has 1 aromatic heterocycles. The van der Waals surface area contributed by atoms with Crippen molar-refractivity contribution in [1.82, 2.24) is 10.4 Å². The van der Waals surface area contributed by atoms with Crippen LogP contribution in [0.4, 0.5) is 0 Å². The number of carbonyl (C=O) groups is 1. The first-order chi connectivity index (χ1) is 10.8. The van der Waals surface area contributed by atoms with Crippen LogP contribution in [0.2, 0.25) is 0 Å². The third-order valence-corrected chi connectivity index (χ3v) is 2.77. The lowest BCUT2D eigenvalue weighted by molar-refractivity contribution is 0.0950. The monoisotopic (exact) mass is 291 g/mol. The fourth-order valence-electron chi connectivity index (χ4n) is 1.66. The normalized spacial score (nSPS) is 12.0. The van der Waals surface area contributed by atoms with Gasteiger partial charge < -0.3 is 0 Å². The number of carbonyl (C=O) groups excluding carboxylic acids is 1. The second-order valence-corrected chi connectivity index (χ2v) is 4.54. The summed E-state index contributed by atoms with van der Waals surface area (Å²) in [5.41, 5.74) is 4.63. The van der Waals surface area contributed by atoms with E-state index in [0.717, 1.165) is 5.56 Å². The van der Waals surface area contributed by atoms with Crippen LogP contribution in [0.1, 0.15) is 23.0 Å². The molecular formula is C18H17N3O. The summed E-state index contributed by atoms with van der Waals surface area (Å²) in [4.78, 5) is 15.7. The zero-order valence-corrected chi connectivity index (χ0v) is 12.3. The van der Waals surface area contributed by atoms with E-state index in [1.165, 1.54) is 0 Å². The van der Waals surface area contributed by atoms with E-state index < -0.39 is 0 Å². The second-order valence-electron chi connectivity index (χ2n) is 4.54. The maximum Gasteiger partial charge on any atom is 0.289 e. The predicted octanol–water partition coefficient (Wildman–Crippen LogP) is 3.46. The van der Waals surface area contributed by atoms with E-state index in [4.69, 9.17) is 0 Å². The van der Waals surface area contributed by atoms with Gasteiger partial charge in [0, 0.05) is 6.20 Å². The summed E-state index contributed by atoms with van der Waals surface area (Å²) in [5.74, 6) is -0.326. The first kappa shape index (κ1) is 15.4. The Morgan fingerprint density at radius 3 is 2.59 bits per heavy atom. The van der Waals surface area contributed by atoms with Crippen LogP contribution in [0.15, 0.2) is 78.1 Å². The van der Waals surface area contributed by atoms with E-state index in [1.807, 2.05) is 61.6 Å². The first-order valence-corrected chi connectivity index (χ1v) is 6.91. The van der Waals surface area contributed by atoms with E-state index in [9.17, 15) is 4.79 Å². The molecule has 0 aliphatic rings. The number of amides is 1. The summed E-state index contributed by atoms with van der Waals surface area (Å²) in [6.45, 7) is 1.81. The van der Waals surface area contributed by atoms with E-state index in [-0.39, 0.29) is 5.91 Å². The molecule has 1 aromatic carbocycles. The van der Waals surface area contributed by atoms with E-state index in [1.54, 1.807) is 24.4 Å². The number of nitrogens with zero attached hydrogens (tertiary/aromatic N) is 2. The molecule has 4 nitrogen and oxygen atoms in total. The topological polar surface area (TPSA) is 54.4 Å². The summed E-state index contributed by atoms with van der Waals surface area (Å²) in [6.07, 6.45) is 9.18. The second kappa shape index (κ2) is 8.32. The van der Waals surface area contributed by atoms with Crippen molar-refractivity contribution in [2.75, 3.05) is 0 Å². The molecule has 22 heavy (non-hydrogen) atoms. The molecule has 2 rings (SSSR count). The van der Waals surface area contributed by atoms with Gasteiger partial charge in [0.15, 0.2) is 0 Å². The van der Waals surface area contributed by atoms with Gasteiger partial charge in [-0.1, -0.05) is 54.6 Å². The van der Waals surface area contributed by atoms with Crippen LogP contribution in [-0.2, 0) is 0 Å². The smallest absolute Gasteiger partial charge is 0.266 e. The number of aromatic nitrogens is 1. The molecule has 0 aliphatic heterocycles. The molecule has 0 bridgehead atoms. The Kier molecular flexibility index (Phi) is 5.81. The van der Waals surface area contributed by atoms with Crippen molar-refractivity contribution in [3.05, 3.63) is 84.2 Å². The van der Waals surface area contributed by atoms with Crippen molar-refractivity contribution in [3.8, 4) is 0 Å². The highest BCUT2D eigenvalue weighted by Crippen LogP contribution is 2.00. The zero-order valence-electron chi connectivity index (χ0n) is 12.3. The highest BCUT2D eigenvalue weighted by molar-refractivity contribution is 5.96. The summed E-state index contributed by atoms with van der Waals surface area (Å²) < 4.78 is 0. The number of pyridine rings is 1. The molecule has 0 atom stereocenters. The number of allylic oxidation sites excluding steroid dienone is 3. The van der Waals surface area contributed by atoms with Crippen LogP contribution in [0.5, 0.6) is 0 Å². The van der Waals surface area contributed by atoms with Gasteiger partial charge >= 0.3 is 0 Å². The maximum atomic E-state index is 11.7. The largest absolute Gasteiger partial charge is 0.289 e. The minimum atomic E-state index is -0.326. The van der Waals surface area contributed by atoms with Gasteiger partial charge in [-0.3, -0.25) is 9.78 Å². The third kappa shape index (κ3) is 5.17. The van der Waals surface area contributed by atoms with Crippen LogP contribution in [-0.4, -0.2) is 16.6 Å². The predicted molar refractivity (Wildman–Crippen MR) is 89.4 cm³/mol. The van der Waals surface area contributed by atoms with Gasteiger partial charge in [-0.05, 0) is 30.7 Å². The van der Waals surface area contributed by atoms with Crippen molar-refractivity contribution in [2.24, 2.45) is 5.10 Å². The Morgan fingerprint density at radius 2 is 1.86 bits per heavy atom. The SMILES string of the molecule is CC(/C=C/C=C/c1ccccc1)=N\NC(=O)c1ccccn1. The zero-order chi connectivity index (χ0) is 15.6. The Bertz CT molecular complexity index is 689. The van der Waals surface area contributed by atoms with E-state index in [2.05, 4.69) is 15.5 Å². The molecule has 0 saturated heterocycles. The fraction of sp³-hybridized carbons (Fsp3) is 0.0556. The highest BCUT2D eigenvalue weighted by Gasteiger charge is 2.03. The molecule has 0 aliphatic carbocycles. The summed E-state index contributed by atoms with van der Waals surface area (Å²) in [7, 11) is 0. The van der Waals surface area contributed by atoms with Crippen molar-refractivity contribution in [3.63, 3.8) is 0 Å². The lowest BCUT2D eigenvalue weighted by atomic mass is 10.2. The Labute approximate surface area is 129 Å². The van der Waals surface area contributed by atoms with Gasteiger partial charge in [0.2, 0.25) is 0 Å². The third-order valence-electron chi connectivity index (χ3n) is 2.77. The molecule has 0 unspecified atom stereocenters. The average molecular weight is 291 g/mol. The van der Waals surface area contributed by atoms with Gasteiger partial charge in [0.05, 0.1) is 5.71 Å². The Balaban J connectivity index is 1.86. The summed E-state index contributed by atoms with van der Waals surface area (Å²) in [6, 6.07) is 15.2. The van der Waals surface area contributed by atoms with Crippen molar-refractivity contribution in [1.29, 1.82) is 0 Å². The number of rotatable bonds is 5. The van der Waals surface area contributed by atoms with Crippen molar-refractivity contribution < 1.29 is 4.79 Å². The van der Waals surface area contributed by atoms with Crippen LogP contribution in [0, 0.1) is 0 Å². The van der Waals surface area contributed by atoms with Gasteiger partial charge in [-0.15, -0.1) is 0 Å². The molecule has 0 radical (unpaired) electrons. The van der Waals surface area contributed by atoms with Gasteiger partial charge in [-0.2, -0.15) is 5.10 Å². The van der Waals surface area contributed by atoms with Crippen LogP contribution >= 0.6 is 0 Å². The molecule has 0 saturated carbocycles. The molecule has 1 amide bonds. The standard InChI is InChI=1S/C18H17N3O/c1-15(9-5-6-12-16-10-3-2-4-11-16)20-21-18(22)17-13-7-8-14-19-17/h2-14H,1H3,(H,21,22)/b9-5+,12-6+,20-15+. The van der Waals surface area contributed by atoms with Crippen LogP contribution in [0.25, 0.3) is 6.08 Å². The molecule has 0 spiro atoms. The van der Waals surface area contributed by atoms with Crippen LogP contribution in [0.3, 0.4) is 0 Å². The van der Waals surface area contributed by atoms with E-state index in [0.29, 0.717) is 11.4 Å². The minimum absolute atomic E-state index is 0.326. The maximum absolute atomic E-state index is 11.7. The van der Waals surface area contributed by atoms with Crippen molar-refractivity contribution >= 4 is 17.7 Å². The van der Waals surface area contributed by atoms with Gasteiger partial charge in [0.1, 0.15) is 5.69 Å². The minimum Gasteiger partial charge on any atom is -0.266 e. The van der Waals surface area contributed by atoms with Gasteiger partial charge in [0.25, 0.3) is 5.91 Å². The quantitative estimate of drug-likeness (QED) is 0.521. The lowest BCUT2D eigenvalue weighted by Crippen LogP contribution is -2.19. The summed E-state index contributed by atoms with van der Waals surface area (Å²) in [5, 5.41) is 4.00. The fourth-order valence-corrected chi connectivity index (χ4v) is 1.66. The van der Waals surface area contributed by atoms with E-state index >= 15 is 0 Å². The Morgan fingerprint density at radius 1 is 1.09 bits per heavy atom. The molecule has 110 valence electrons. The molecule has 1 heterocycles. The molecule has 4 heteroatoms. The molecule has 1 N–H and O–H groups in total. The van der Waals surface area contributed by atoms with Gasteiger partial charge in [-0.25, -0.2) is 5.43 Å². The molecule has 0 fully saturated rings. The number of hydrazone groups is 1. The Hall–Kier alpha value is -3.01. The lowest BCUT2D eigenvalue weighted by Gasteiger charge is -1.98. The molecule has 2 aromatic rings. The summed E-state index contributed by atoms with van der Waals surface area (Å²) >= 11 is 0. The average Bonchev–Trinajstić information content (AvgIpc) is 2.58. The highest BCUT2D eigenvalue weighted by atomic mass is 16.2. The number of nitrogens with one attached hydrogen (secondary N) is 1. The van der Waals surface area contributed by atoms with Crippen molar-refractivity contribution in [2.45, 2.75) is 6.92 Å². The molecular weight excluding hydrogens is 274 g/mol. The number of benzene rings is 1. The van der Waals surface area contributed by atoms with Crippen LogP contribution < -0.4 is 5.43 Å². The first-order valence-electron chi connectivity index (χ1n) is 6.91. The number of hydrogen-bond donors (Lipinski definition) is 1. The number of hydrogen-bond acceptors (Lipinski definition) is 3.